The largest absolute Gasteiger partial charge is 0.397 e. The third-order valence-electron chi connectivity index (χ3n) is 2.90. The third kappa shape index (κ3) is 3.47. The van der Waals surface area contributed by atoms with Gasteiger partial charge in [-0.05, 0) is 41.3 Å². The lowest BCUT2D eigenvalue weighted by molar-refractivity contribution is 0.589. The average molecular weight is 320 g/mol. The summed E-state index contributed by atoms with van der Waals surface area (Å²) in [6.07, 6.45) is 1.82. The first kappa shape index (κ1) is 13.9. The monoisotopic (exact) mass is 319 g/mol. The predicted molar refractivity (Wildman–Crippen MR) is 84.8 cm³/mol. The summed E-state index contributed by atoms with van der Waals surface area (Å²) in [4.78, 5) is 4.33. The van der Waals surface area contributed by atoms with Crippen LogP contribution < -0.4 is 11.1 Å². The topological polar surface area (TPSA) is 50.9 Å². The zero-order valence-corrected chi connectivity index (χ0v) is 13.0. The van der Waals surface area contributed by atoms with E-state index >= 15 is 0 Å². The van der Waals surface area contributed by atoms with Crippen LogP contribution in [-0.4, -0.2) is 4.98 Å². The fourth-order valence-electron chi connectivity index (χ4n) is 1.75. The first-order valence-corrected chi connectivity index (χ1v) is 6.94. The van der Waals surface area contributed by atoms with E-state index in [1.807, 2.05) is 30.5 Å². The van der Waals surface area contributed by atoms with E-state index < -0.39 is 0 Å². The molecular weight excluding hydrogens is 302 g/mol. The molecule has 3 nitrogen and oxygen atoms in total. The van der Waals surface area contributed by atoms with E-state index in [0.29, 0.717) is 5.69 Å². The molecule has 1 aromatic heterocycles. The Bertz CT molecular complexity index is 588. The molecule has 3 N–H and O–H groups in total. The first-order valence-electron chi connectivity index (χ1n) is 6.15. The summed E-state index contributed by atoms with van der Waals surface area (Å²) in [5.41, 5.74) is 8.87. The van der Waals surface area contributed by atoms with Gasteiger partial charge >= 0.3 is 0 Å². The summed E-state index contributed by atoms with van der Waals surface area (Å²) >= 11 is 3.40. The van der Waals surface area contributed by atoms with E-state index in [4.69, 9.17) is 5.73 Å². The Balaban J connectivity index is 2.29. The maximum atomic E-state index is 5.97. The highest BCUT2D eigenvalue weighted by atomic mass is 79.9. The van der Waals surface area contributed by atoms with Crippen LogP contribution in [0, 0.1) is 0 Å². The molecule has 0 aliphatic heterocycles. The second-order valence-electron chi connectivity index (χ2n) is 5.54. The number of halogens is 1. The lowest BCUT2D eigenvalue weighted by Gasteiger charge is -2.19. The molecule has 0 spiro atoms. The predicted octanol–water partition coefficient (Wildman–Crippen LogP) is 4.47. The molecule has 0 saturated heterocycles. The summed E-state index contributed by atoms with van der Waals surface area (Å²) in [5, 5.41) is 3.25. The van der Waals surface area contributed by atoms with Gasteiger partial charge in [0.2, 0.25) is 0 Å². The second kappa shape index (κ2) is 5.21. The number of benzene rings is 1. The Hall–Kier alpha value is -1.55. The van der Waals surface area contributed by atoms with Crippen molar-refractivity contribution in [1.82, 2.24) is 4.98 Å². The molecule has 0 amide bonds. The number of anilines is 3. The number of nitrogens with zero attached hydrogens (tertiary/aromatic N) is 1. The number of nitrogens with two attached hydrogens (primary N) is 1. The molecule has 0 aliphatic carbocycles. The van der Waals surface area contributed by atoms with E-state index in [0.717, 1.165) is 16.0 Å². The fraction of sp³-hybridized carbons (Fsp3) is 0.267. The number of rotatable bonds is 2. The molecule has 0 radical (unpaired) electrons. The van der Waals surface area contributed by atoms with Crippen molar-refractivity contribution in [3.63, 3.8) is 0 Å². The Morgan fingerprint density at radius 1 is 1.16 bits per heavy atom. The molecule has 0 bridgehead atoms. The van der Waals surface area contributed by atoms with Gasteiger partial charge in [-0.2, -0.15) is 0 Å². The van der Waals surface area contributed by atoms with Crippen molar-refractivity contribution < 1.29 is 0 Å². The van der Waals surface area contributed by atoms with Gasteiger partial charge in [-0.1, -0.05) is 36.7 Å². The maximum absolute atomic E-state index is 5.97. The van der Waals surface area contributed by atoms with Gasteiger partial charge in [0.25, 0.3) is 0 Å². The second-order valence-corrected chi connectivity index (χ2v) is 6.45. The minimum Gasteiger partial charge on any atom is -0.397 e. The van der Waals surface area contributed by atoms with Crippen molar-refractivity contribution in [2.45, 2.75) is 26.2 Å². The Morgan fingerprint density at radius 2 is 1.89 bits per heavy atom. The minimum absolute atomic E-state index is 0.102. The Kier molecular flexibility index (Phi) is 3.80. The summed E-state index contributed by atoms with van der Waals surface area (Å²) < 4.78 is 0.965. The molecule has 2 aromatic rings. The molecule has 0 unspecified atom stereocenters. The van der Waals surface area contributed by atoms with Crippen LogP contribution in [0.4, 0.5) is 17.2 Å². The number of hydrogen-bond donors (Lipinski definition) is 2. The zero-order valence-electron chi connectivity index (χ0n) is 11.4. The van der Waals surface area contributed by atoms with E-state index in [1.54, 1.807) is 0 Å². The molecule has 1 heterocycles. The molecule has 19 heavy (non-hydrogen) atoms. The van der Waals surface area contributed by atoms with Gasteiger partial charge in [-0.25, -0.2) is 4.98 Å². The van der Waals surface area contributed by atoms with Gasteiger partial charge in [-0.3, -0.25) is 0 Å². The van der Waals surface area contributed by atoms with Gasteiger partial charge in [0.1, 0.15) is 5.82 Å². The Labute approximate surface area is 122 Å². The van der Waals surface area contributed by atoms with Crippen LogP contribution in [0.3, 0.4) is 0 Å². The van der Waals surface area contributed by atoms with Gasteiger partial charge in [-0.15, -0.1) is 0 Å². The van der Waals surface area contributed by atoms with Gasteiger partial charge in [0.15, 0.2) is 0 Å². The number of hydrogen-bond acceptors (Lipinski definition) is 3. The van der Waals surface area contributed by atoms with Crippen LogP contribution in [0.1, 0.15) is 26.3 Å². The van der Waals surface area contributed by atoms with Gasteiger partial charge in [0.05, 0.1) is 11.4 Å². The van der Waals surface area contributed by atoms with Crippen LogP contribution in [0.2, 0.25) is 0 Å². The van der Waals surface area contributed by atoms with Crippen LogP contribution in [0.15, 0.2) is 41.0 Å². The van der Waals surface area contributed by atoms with Gasteiger partial charge < -0.3 is 11.1 Å². The van der Waals surface area contributed by atoms with Crippen molar-refractivity contribution in [2.75, 3.05) is 11.1 Å². The van der Waals surface area contributed by atoms with E-state index in [2.05, 4.69) is 53.1 Å². The first-order chi connectivity index (χ1) is 8.86. The molecule has 4 heteroatoms. The number of pyridine rings is 1. The maximum Gasteiger partial charge on any atom is 0.130 e. The zero-order chi connectivity index (χ0) is 14.0. The minimum atomic E-state index is 0.102. The molecule has 0 fully saturated rings. The van der Waals surface area contributed by atoms with Crippen LogP contribution in [0.5, 0.6) is 0 Å². The van der Waals surface area contributed by atoms with Crippen LogP contribution in [-0.2, 0) is 5.41 Å². The number of nitrogens with one attached hydrogen (secondary N) is 1. The molecule has 0 aliphatic rings. The highest BCUT2D eigenvalue weighted by molar-refractivity contribution is 9.10. The average Bonchev–Trinajstić information content (AvgIpc) is 2.32. The third-order valence-corrected chi connectivity index (χ3v) is 3.40. The molecule has 0 saturated carbocycles. The summed E-state index contributed by atoms with van der Waals surface area (Å²) in [5.74, 6) is 0.807. The fourth-order valence-corrected chi connectivity index (χ4v) is 2.13. The lowest BCUT2D eigenvalue weighted by atomic mass is 9.88. The molecule has 1 aromatic carbocycles. The van der Waals surface area contributed by atoms with Crippen LogP contribution >= 0.6 is 15.9 Å². The van der Waals surface area contributed by atoms with E-state index in [-0.39, 0.29) is 5.41 Å². The SMILES string of the molecule is CC(C)(C)c1ccnc(Nc2ccc(Br)cc2N)c1. The quantitative estimate of drug-likeness (QED) is 0.803. The summed E-state index contributed by atoms with van der Waals surface area (Å²) in [7, 11) is 0. The lowest BCUT2D eigenvalue weighted by Crippen LogP contribution is -2.11. The number of nitrogen functional groups attached to an aromatic ring is 1. The highest BCUT2D eigenvalue weighted by Gasteiger charge is 2.14. The van der Waals surface area contributed by atoms with Crippen molar-refractivity contribution >= 4 is 33.1 Å². The molecule has 100 valence electrons. The normalized spacial score (nSPS) is 11.4. The van der Waals surface area contributed by atoms with Crippen molar-refractivity contribution in [3.05, 3.63) is 46.6 Å². The van der Waals surface area contributed by atoms with Crippen molar-refractivity contribution in [1.29, 1.82) is 0 Å². The summed E-state index contributed by atoms with van der Waals surface area (Å²) in [6, 6.07) is 9.85. The highest BCUT2D eigenvalue weighted by Crippen LogP contribution is 2.28. The standard InChI is InChI=1S/C15H18BrN3/c1-15(2,3)10-6-7-18-14(8-10)19-13-5-4-11(16)9-12(13)17/h4-9H,17H2,1-3H3,(H,18,19). The van der Waals surface area contributed by atoms with Crippen LogP contribution in [0.25, 0.3) is 0 Å². The van der Waals surface area contributed by atoms with E-state index in [9.17, 15) is 0 Å². The molecular formula is C15H18BrN3. The van der Waals surface area contributed by atoms with E-state index in [1.165, 1.54) is 5.56 Å². The van der Waals surface area contributed by atoms with Crippen molar-refractivity contribution in [2.24, 2.45) is 0 Å². The Morgan fingerprint density at radius 3 is 2.53 bits per heavy atom. The van der Waals surface area contributed by atoms with Crippen molar-refractivity contribution in [3.8, 4) is 0 Å². The molecule has 0 atom stereocenters. The smallest absolute Gasteiger partial charge is 0.130 e. The number of aromatic nitrogens is 1. The molecule has 2 rings (SSSR count). The summed E-state index contributed by atoms with van der Waals surface area (Å²) in [6.45, 7) is 6.54. The van der Waals surface area contributed by atoms with Gasteiger partial charge in [0, 0.05) is 10.7 Å².